The van der Waals surface area contributed by atoms with Crippen LogP contribution in [-0.2, 0) is 0 Å². The van der Waals surface area contributed by atoms with E-state index in [1.165, 1.54) is 69.8 Å². The third-order valence-electron chi connectivity index (χ3n) is 10.1. The molecule has 0 aliphatic carbocycles. The monoisotopic (exact) mass is 656 g/mol. The van der Waals surface area contributed by atoms with Gasteiger partial charge >= 0.3 is 0 Å². The zero-order chi connectivity index (χ0) is 32.8. The Bertz CT molecular complexity index is 3080. The van der Waals surface area contributed by atoms with Crippen LogP contribution in [0.25, 0.3) is 92.2 Å². The second-order valence-corrected chi connectivity index (χ2v) is 14.0. The lowest BCUT2D eigenvalue weighted by molar-refractivity contribution is 1.09. The van der Waals surface area contributed by atoms with Crippen molar-refractivity contribution in [1.29, 1.82) is 0 Å². The SMILES string of the molecule is c1cc(-c2ccc3c(c2)c2ccccc2n3-c2cc3ccccc3s2)cc(-n2c3ccccc3c3cc(-n4cnc5ccccc54)ccc32)c1. The van der Waals surface area contributed by atoms with Gasteiger partial charge in [0.15, 0.2) is 0 Å². The summed E-state index contributed by atoms with van der Waals surface area (Å²) in [6.07, 6.45) is 1.92. The molecule has 0 bridgehead atoms. The first kappa shape index (κ1) is 27.5. The van der Waals surface area contributed by atoms with Crippen molar-refractivity contribution in [2.45, 2.75) is 0 Å². The standard InChI is InChI=1S/C45H28N4S/c1-8-19-44-31(10-1)26-45(50-44)49-40-17-6-3-13-34(40)36-25-30(20-22-42(36)49)29-11-9-12-33(24-29)48-39-16-5-2-14-35(39)37-27-32(21-23-41(37)48)47-28-46-38-15-4-7-18-43(38)47/h1-28H. The minimum absolute atomic E-state index is 0.995. The van der Waals surface area contributed by atoms with Crippen molar-refractivity contribution in [3.63, 3.8) is 0 Å². The molecule has 0 N–H and O–H groups in total. The van der Waals surface area contributed by atoms with E-state index in [0.29, 0.717) is 0 Å². The lowest BCUT2D eigenvalue weighted by Crippen LogP contribution is -1.95. The highest BCUT2D eigenvalue weighted by atomic mass is 32.1. The van der Waals surface area contributed by atoms with Gasteiger partial charge in [-0.05, 0) is 95.4 Å². The van der Waals surface area contributed by atoms with Gasteiger partial charge in [-0.15, -0.1) is 11.3 Å². The predicted molar refractivity (Wildman–Crippen MR) is 211 cm³/mol. The maximum absolute atomic E-state index is 4.65. The summed E-state index contributed by atoms with van der Waals surface area (Å²) in [4.78, 5) is 4.65. The highest BCUT2D eigenvalue weighted by molar-refractivity contribution is 7.21. The number of fused-ring (bicyclic) bond motifs is 8. The number of aromatic nitrogens is 4. The van der Waals surface area contributed by atoms with Crippen molar-refractivity contribution in [3.8, 4) is 27.5 Å². The predicted octanol–water partition coefficient (Wildman–Crippen LogP) is 12.1. The first-order valence-corrected chi connectivity index (χ1v) is 17.7. The molecule has 0 unspecified atom stereocenters. The Morgan fingerprint density at radius 3 is 1.94 bits per heavy atom. The molecular formula is C45H28N4S. The van der Waals surface area contributed by atoms with Crippen LogP contribution in [-0.4, -0.2) is 18.7 Å². The number of rotatable bonds is 4. The quantitative estimate of drug-likeness (QED) is 0.185. The molecule has 0 aliphatic heterocycles. The second-order valence-electron chi connectivity index (χ2n) is 12.9. The summed E-state index contributed by atoms with van der Waals surface area (Å²) in [5.74, 6) is 0. The first-order valence-electron chi connectivity index (χ1n) is 16.9. The molecule has 4 nitrogen and oxygen atoms in total. The summed E-state index contributed by atoms with van der Waals surface area (Å²) in [6.45, 7) is 0. The van der Waals surface area contributed by atoms with Gasteiger partial charge in [-0.2, -0.15) is 0 Å². The molecule has 11 aromatic rings. The van der Waals surface area contributed by atoms with Gasteiger partial charge in [-0.3, -0.25) is 4.57 Å². The van der Waals surface area contributed by atoms with Gasteiger partial charge in [0, 0.05) is 37.6 Å². The molecule has 5 heteroatoms. The molecule has 4 heterocycles. The van der Waals surface area contributed by atoms with Crippen molar-refractivity contribution in [2.24, 2.45) is 0 Å². The van der Waals surface area contributed by atoms with Crippen LogP contribution in [0.1, 0.15) is 0 Å². The van der Waals surface area contributed by atoms with E-state index in [1.54, 1.807) is 0 Å². The summed E-state index contributed by atoms with van der Waals surface area (Å²) in [6, 6.07) is 59.4. The van der Waals surface area contributed by atoms with Crippen molar-refractivity contribution >= 4 is 76.1 Å². The lowest BCUT2D eigenvalue weighted by atomic mass is 10.0. The van der Waals surface area contributed by atoms with Crippen LogP contribution >= 0.6 is 11.3 Å². The molecule has 0 saturated heterocycles. The van der Waals surface area contributed by atoms with Crippen LogP contribution in [0.3, 0.4) is 0 Å². The average molecular weight is 657 g/mol. The Morgan fingerprint density at radius 2 is 1.08 bits per heavy atom. The number of hydrogen-bond donors (Lipinski definition) is 0. The van der Waals surface area contributed by atoms with E-state index in [9.17, 15) is 0 Å². The number of para-hydroxylation sites is 4. The molecule has 0 atom stereocenters. The van der Waals surface area contributed by atoms with Crippen molar-refractivity contribution in [2.75, 3.05) is 0 Å². The third kappa shape index (κ3) is 4.01. The molecule has 50 heavy (non-hydrogen) atoms. The Morgan fingerprint density at radius 1 is 0.420 bits per heavy atom. The van der Waals surface area contributed by atoms with Crippen LogP contribution in [0.15, 0.2) is 170 Å². The Kier molecular flexibility index (Phi) is 5.80. The first-order chi connectivity index (χ1) is 24.8. The van der Waals surface area contributed by atoms with E-state index < -0.39 is 0 Å². The molecule has 234 valence electrons. The Hall–Kier alpha value is -6.43. The van der Waals surface area contributed by atoms with Gasteiger partial charge in [0.25, 0.3) is 0 Å². The summed E-state index contributed by atoms with van der Waals surface area (Å²) < 4.78 is 8.30. The molecular weight excluding hydrogens is 629 g/mol. The summed E-state index contributed by atoms with van der Waals surface area (Å²) in [5, 5.41) is 7.50. The molecule has 0 amide bonds. The van der Waals surface area contributed by atoms with Gasteiger partial charge in [0.2, 0.25) is 0 Å². The fourth-order valence-corrected chi connectivity index (χ4v) is 8.94. The zero-order valence-corrected chi connectivity index (χ0v) is 27.7. The van der Waals surface area contributed by atoms with Gasteiger partial charge in [-0.25, -0.2) is 4.98 Å². The minimum Gasteiger partial charge on any atom is -0.309 e. The smallest absolute Gasteiger partial charge is 0.101 e. The fourth-order valence-electron chi connectivity index (χ4n) is 7.85. The van der Waals surface area contributed by atoms with E-state index in [2.05, 4.69) is 176 Å². The highest BCUT2D eigenvalue weighted by Crippen LogP contribution is 2.39. The van der Waals surface area contributed by atoms with Crippen molar-refractivity contribution in [3.05, 3.63) is 170 Å². The van der Waals surface area contributed by atoms with Gasteiger partial charge in [0.1, 0.15) is 11.3 Å². The molecule has 0 spiro atoms. The van der Waals surface area contributed by atoms with E-state index in [1.807, 2.05) is 23.7 Å². The van der Waals surface area contributed by atoms with Crippen molar-refractivity contribution < 1.29 is 0 Å². The largest absolute Gasteiger partial charge is 0.309 e. The second kappa shape index (κ2) is 10.5. The molecule has 0 fully saturated rings. The van der Waals surface area contributed by atoms with Crippen molar-refractivity contribution in [1.82, 2.24) is 18.7 Å². The number of thiophene rings is 1. The van der Waals surface area contributed by atoms with E-state index in [-0.39, 0.29) is 0 Å². The lowest BCUT2D eigenvalue weighted by Gasteiger charge is -2.11. The summed E-state index contributed by atoms with van der Waals surface area (Å²) in [7, 11) is 0. The molecule has 0 saturated carbocycles. The van der Waals surface area contributed by atoms with Crippen LogP contribution < -0.4 is 0 Å². The molecule has 0 radical (unpaired) electrons. The molecule has 7 aromatic carbocycles. The van der Waals surface area contributed by atoms with E-state index in [4.69, 9.17) is 0 Å². The number of benzene rings is 7. The van der Waals surface area contributed by atoms with Crippen LogP contribution in [0.2, 0.25) is 0 Å². The minimum atomic E-state index is 0.995. The fraction of sp³-hybridized carbons (Fsp3) is 0. The van der Waals surface area contributed by atoms with Gasteiger partial charge in [-0.1, -0.05) is 84.9 Å². The van der Waals surface area contributed by atoms with Crippen LogP contribution in [0, 0.1) is 0 Å². The average Bonchev–Trinajstić information content (AvgIpc) is 3.95. The maximum atomic E-state index is 4.65. The van der Waals surface area contributed by atoms with E-state index in [0.717, 1.165) is 22.4 Å². The molecule has 0 aliphatic rings. The topological polar surface area (TPSA) is 27.7 Å². The summed E-state index contributed by atoms with van der Waals surface area (Å²) >= 11 is 1.84. The van der Waals surface area contributed by atoms with Crippen LogP contribution in [0.4, 0.5) is 0 Å². The number of imidazole rings is 1. The molecule has 11 rings (SSSR count). The third-order valence-corrected chi connectivity index (χ3v) is 11.2. The van der Waals surface area contributed by atoms with Crippen LogP contribution in [0.5, 0.6) is 0 Å². The highest BCUT2D eigenvalue weighted by Gasteiger charge is 2.17. The Labute approximate surface area is 291 Å². The number of nitrogens with zero attached hydrogens (tertiary/aromatic N) is 4. The maximum Gasteiger partial charge on any atom is 0.101 e. The van der Waals surface area contributed by atoms with Gasteiger partial charge < -0.3 is 9.13 Å². The molecule has 4 aromatic heterocycles. The normalized spacial score (nSPS) is 12.0. The Balaban J connectivity index is 1.06. The zero-order valence-electron chi connectivity index (χ0n) is 26.9. The van der Waals surface area contributed by atoms with Gasteiger partial charge in [0.05, 0.1) is 33.1 Å². The number of hydrogen-bond acceptors (Lipinski definition) is 2. The van der Waals surface area contributed by atoms with E-state index >= 15 is 0 Å². The summed E-state index contributed by atoms with van der Waals surface area (Å²) in [5.41, 5.74) is 11.6.